The molecule has 2 unspecified atom stereocenters. The largest absolute Gasteiger partial charge is 0.496 e. The zero-order valence-corrected chi connectivity index (χ0v) is 11.5. The summed E-state index contributed by atoms with van der Waals surface area (Å²) in [6, 6.07) is 9.21. The van der Waals surface area contributed by atoms with Crippen LogP contribution in [0.15, 0.2) is 30.6 Å². The van der Waals surface area contributed by atoms with Crippen molar-refractivity contribution in [2.24, 2.45) is 5.73 Å². The lowest BCUT2D eigenvalue weighted by atomic mass is 9.97. The summed E-state index contributed by atoms with van der Waals surface area (Å²) in [6.07, 6.45) is 2.30. The van der Waals surface area contributed by atoms with E-state index in [2.05, 4.69) is 10.1 Å². The molecule has 2 atom stereocenters. The Morgan fingerprint density at radius 1 is 1.45 bits per heavy atom. The zero-order chi connectivity index (χ0) is 14.5. The van der Waals surface area contributed by atoms with Gasteiger partial charge in [0, 0.05) is 11.6 Å². The molecule has 0 radical (unpaired) electrons. The minimum absolute atomic E-state index is 0.133. The highest BCUT2D eigenvalue weighted by Gasteiger charge is 2.25. The zero-order valence-electron chi connectivity index (χ0n) is 11.5. The van der Waals surface area contributed by atoms with Crippen LogP contribution in [0.1, 0.15) is 30.8 Å². The number of rotatable bonds is 5. The first-order valence-electron chi connectivity index (χ1n) is 6.41. The average molecular weight is 271 g/mol. The first-order chi connectivity index (χ1) is 9.71. The second-order valence-corrected chi connectivity index (χ2v) is 4.42. The summed E-state index contributed by atoms with van der Waals surface area (Å²) < 4.78 is 7.02. The summed E-state index contributed by atoms with van der Waals surface area (Å²) in [4.78, 5) is 3.95. The van der Waals surface area contributed by atoms with E-state index in [1.807, 2.05) is 37.3 Å². The molecule has 2 aromatic rings. The van der Waals surface area contributed by atoms with Crippen LogP contribution in [-0.2, 0) is 0 Å². The van der Waals surface area contributed by atoms with Crippen molar-refractivity contribution in [3.05, 3.63) is 42.0 Å². The first kappa shape index (κ1) is 14.0. The van der Waals surface area contributed by atoms with Crippen LogP contribution < -0.4 is 10.5 Å². The second-order valence-electron chi connectivity index (χ2n) is 4.42. The molecule has 0 spiro atoms. The molecule has 6 nitrogen and oxygen atoms in total. The summed E-state index contributed by atoms with van der Waals surface area (Å²) in [5.74, 6) is 0.878. The van der Waals surface area contributed by atoms with Gasteiger partial charge in [-0.05, 0) is 12.5 Å². The van der Waals surface area contributed by atoms with Crippen LogP contribution in [0.2, 0.25) is 0 Å². The lowest BCUT2D eigenvalue weighted by Gasteiger charge is -2.24. The smallest absolute Gasteiger partial charge is 0.252 e. The molecule has 20 heavy (non-hydrogen) atoms. The lowest BCUT2D eigenvalue weighted by molar-refractivity contribution is 0.375. The molecule has 0 aliphatic heterocycles. The Morgan fingerprint density at radius 2 is 2.20 bits per heavy atom. The summed E-state index contributed by atoms with van der Waals surface area (Å²) in [5, 5.41) is 13.0. The fraction of sp³-hybridized carbons (Fsp3) is 0.357. The van der Waals surface area contributed by atoms with E-state index >= 15 is 0 Å². The van der Waals surface area contributed by atoms with Gasteiger partial charge in [0.25, 0.3) is 5.82 Å². The molecule has 2 N–H and O–H groups in total. The van der Waals surface area contributed by atoms with Crippen molar-refractivity contribution in [1.82, 2.24) is 14.8 Å². The van der Waals surface area contributed by atoms with Gasteiger partial charge >= 0.3 is 0 Å². The maximum Gasteiger partial charge on any atom is 0.252 e. The van der Waals surface area contributed by atoms with Crippen molar-refractivity contribution < 1.29 is 4.74 Å². The van der Waals surface area contributed by atoms with Crippen molar-refractivity contribution in [1.29, 1.82) is 5.26 Å². The van der Waals surface area contributed by atoms with Crippen molar-refractivity contribution in [3.8, 4) is 11.8 Å². The number of aromatic nitrogens is 3. The Morgan fingerprint density at radius 3 is 2.80 bits per heavy atom. The molecule has 0 aliphatic carbocycles. The topological polar surface area (TPSA) is 89.8 Å². The summed E-state index contributed by atoms with van der Waals surface area (Å²) in [6.45, 7) is 2.01. The SMILES string of the molecule is CCC(N)C(c1ccccc1OC)n1cnc(C#N)n1. The average Bonchev–Trinajstić information content (AvgIpc) is 2.96. The van der Waals surface area contributed by atoms with Gasteiger partial charge in [0.05, 0.1) is 13.2 Å². The van der Waals surface area contributed by atoms with E-state index in [0.717, 1.165) is 17.7 Å². The maximum atomic E-state index is 8.86. The van der Waals surface area contributed by atoms with E-state index < -0.39 is 0 Å². The fourth-order valence-corrected chi connectivity index (χ4v) is 2.16. The van der Waals surface area contributed by atoms with Gasteiger partial charge in [-0.15, -0.1) is 5.10 Å². The van der Waals surface area contributed by atoms with Crippen molar-refractivity contribution >= 4 is 0 Å². The molecule has 1 aromatic heterocycles. The van der Waals surface area contributed by atoms with Crippen LogP contribution in [0, 0.1) is 11.3 Å². The predicted octanol–water partition coefficient (Wildman–Crippen LogP) is 1.49. The molecule has 104 valence electrons. The van der Waals surface area contributed by atoms with Crippen molar-refractivity contribution in [3.63, 3.8) is 0 Å². The number of methoxy groups -OCH3 is 1. The standard InChI is InChI=1S/C14H17N5O/c1-3-11(16)14(19-9-17-13(8-15)18-19)10-6-4-5-7-12(10)20-2/h4-7,9,11,14H,3,16H2,1-2H3. The number of ether oxygens (including phenoxy) is 1. The fourth-order valence-electron chi connectivity index (χ4n) is 2.16. The van der Waals surface area contributed by atoms with Gasteiger partial charge in [-0.1, -0.05) is 25.1 Å². The number of nitriles is 1. The Labute approximate surface area is 117 Å². The molecule has 0 bridgehead atoms. The molecule has 0 saturated heterocycles. The third-order valence-electron chi connectivity index (χ3n) is 3.23. The first-order valence-corrected chi connectivity index (χ1v) is 6.41. The molecule has 0 fully saturated rings. The Bertz CT molecular complexity index is 616. The van der Waals surface area contributed by atoms with Crippen LogP contribution in [0.5, 0.6) is 5.75 Å². The summed E-state index contributed by atoms with van der Waals surface area (Å²) in [5.41, 5.74) is 7.16. The minimum Gasteiger partial charge on any atom is -0.496 e. The highest BCUT2D eigenvalue weighted by Crippen LogP contribution is 2.30. The van der Waals surface area contributed by atoms with E-state index in [-0.39, 0.29) is 17.9 Å². The number of para-hydroxylation sites is 1. The van der Waals surface area contributed by atoms with Gasteiger partial charge in [0.2, 0.25) is 0 Å². The number of hydrogen-bond donors (Lipinski definition) is 1. The number of nitrogens with two attached hydrogens (primary N) is 1. The Balaban J connectivity index is 2.50. The monoisotopic (exact) mass is 271 g/mol. The lowest BCUT2D eigenvalue weighted by Crippen LogP contribution is -2.33. The van der Waals surface area contributed by atoms with Crippen molar-refractivity contribution in [2.75, 3.05) is 7.11 Å². The molecule has 2 rings (SSSR count). The molecule has 1 heterocycles. The molecule has 0 aliphatic rings. The highest BCUT2D eigenvalue weighted by molar-refractivity contribution is 5.37. The van der Waals surface area contributed by atoms with E-state index in [1.165, 1.54) is 6.33 Å². The molecule has 6 heteroatoms. The number of benzene rings is 1. The van der Waals surface area contributed by atoms with Crippen LogP contribution in [0.3, 0.4) is 0 Å². The van der Waals surface area contributed by atoms with Gasteiger partial charge in [-0.3, -0.25) is 0 Å². The van der Waals surface area contributed by atoms with Gasteiger partial charge in [0.1, 0.15) is 18.1 Å². The minimum atomic E-state index is -0.217. The molecular weight excluding hydrogens is 254 g/mol. The predicted molar refractivity (Wildman–Crippen MR) is 74.1 cm³/mol. The van der Waals surface area contributed by atoms with E-state index in [9.17, 15) is 0 Å². The van der Waals surface area contributed by atoms with Crippen molar-refractivity contribution in [2.45, 2.75) is 25.4 Å². The second kappa shape index (κ2) is 6.17. The third-order valence-corrected chi connectivity index (χ3v) is 3.23. The normalized spacial score (nSPS) is 13.5. The van der Waals surface area contributed by atoms with Crippen LogP contribution in [-0.4, -0.2) is 27.9 Å². The van der Waals surface area contributed by atoms with Gasteiger partial charge in [-0.25, -0.2) is 9.67 Å². The Kier molecular flexibility index (Phi) is 4.33. The van der Waals surface area contributed by atoms with E-state index in [0.29, 0.717) is 0 Å². The molecule has 0 saturated carbocycles. The summed E-state index contributed by atoms with van der Waals surface area (Å²) >= 11 is 0. The molecule has 0 amide bonds. The van der Waals surface area contributed by atoms with Gasteiger partial charge in [-0.2, -0.15) is 5.26 Å². The highest BCUT2D eigenvalue weighted by atomic mass is 16.5. The number of hydrogen-bond acceptors (Lipinski definition) is 5. The maximum absolute atomic E-state index is 8.86. The van der Waals surface area contributed by atoms with Gasteiger partial charge in [0.15, 0.2) is 0 Å². The van der Waals surface area contributed by atoms with Gasteiger partial charge < -0.3 is 10.5 Å². The molecule has 1 aromatic carbocycles. The van der Waals surface area contributed by atoms with Crippen LogP contribution >= 0.6 is 0 Å². The van der Waals surface area contributed by atoms with E-state index in [4.69, 9.17) is 15.7 Å². The third kappa shape index (κ3) is 2.63. The van der Waals surface area contributed by atoms with Crippen LogP contribution in [0.4, 0.5) is 0 Å². The Hall–Kier alpha value is -2.39. The quantitative estimate of drug-likeness (QED) is 0.889. The van der Waals surface area contributed by atoms with Crippen LogP contribution in [0.25, 0.3) is 0 Å². The number of nitrogens with zero attached hydrogens (tertiary/aromatic N) is 4. The summed E-state index contributed by atoms with van der Waals surface area (Å²) in [7, 11) is 1.62. The molecular formula is C14H17N5O. The van der Waals surface area contributed by atoms with E-state index in [1.54, 1.807) is 11.8 Å².